The fourth-order valence-corrected chi connectivity index (χ4v) is 5.52. The summed E-state index contributed by atoms with van der Waals surface area (Å²) in [6.07, 6.45) is -0.260. The van der Waals surface area contributed by atoms with Gasteiger partial charge in [-0.25, -0.2) is 13.6 Å². The third-order valence-electron chi connectivity index (χ3n) is 6.35. The van der Waals surface area contributed by atoms with Gasteiger partial charge in [0.2, 0.25) is 5.91 Å². The molecule has 1 aliphatic rings. The van der Waals surface area contributed by atoms with Crippen LogP contribution in [0.5, 0.6) is 0 Å². The number of benzene rings is 2. The Morgan fingerprint density at radius 2 is 1.69 bits per heavy atom. The Balaban J connectivity index is 1.87. The number of amides is 2. The first-order valence-electron chi connectivity index (χ1n) is 10.2. The monoisotopic (exact) mass is 572 g/mol. The van der Waals surface area contributed by atoms with Crippen LogP contribution in [0.25, 0.3) is 0 Å². The summed E-state index contributed by atoms with van der Waals surface area (Å²) in [4.78, 5) is 27.6. The highest BCUT2D eigenvalue weighted by atomic mass is 79.9. The van der Waals surface area contributed by atoms with Crippen LogP contribution in [0.2, 0.25) is 0 Å². The number of hydrogen-bond donors (Lipinski definition) is 1. The lowest BCUT2D eigenvalue weighted by atomic mass is 9.70. The summed E-state index contributed by atoms with van der Waals surface area (Å²) in [6.45, 7) is 2.36. The molecule has 1 aliphatic heterocycles. The van der Waals surface area contributed by atoms with E-state index in [1.807, 2.05) is 25.1 Å². The van der Waals surface area contributed by atoms with Gasteiger partial charge in [0.25, 0.3) is 0 Å². The van der Waals surface area contributed by atoms with Gasteiger partial charge >= 0.3 is 6.09 Å². The topological polar surface area (TPSA) is 60.9 Å². The number of nitrogens with zero attached hydrogens (tertiary/aromatic N) is 2. The molecule has 2 amide bonds. The van der Waals surface area contributed by atoms with Crippen molar-refractivity contribution in [1.29, 1.82) is 0 Å². The van der Waals surface area contributed by atoms with E-state index in [1.54, 1.807) is 11.9 Å². The molecular formula is C23H24Br2F2N2O3. The molecular weight excluding hydrogens is 550 g/mol. The van der Waals surface area contributed by atoms with E-state index in [1.165, 1.54) is 11.0 Å². The quantitative estimate of drug-likeness (QED) is 0.469. The van der Waals surface area contributed by atoms with E-state index in [0.717, 1.165) is 26.6 Å². The third-order valence-corrected chi connectivity index (χ3v) is 7.27. The van der Waals surface area contributed by atoms with Gasteiger partial charge in [-0.15, -0.1) is 0 Å². The van der Waals surface area contributed by atoms with Crippen LogP contribution in [-0.2, 0) is 10.2 Å². The average Bonchev–Trinajstić information content (AvgIpc) is 2.74. The molecule has 32 heavy (non-hydrogen) atoms. The average molecular weight is 574 g/mol. The second kappa shape index (κ2) is 9.87. The van der Waals surface area contributed by atoms with E-state index in [4.69, 9.17) is 0 Å². The van der Waals surface area contributed by atoms with Crippen molar-refractivity contribution >= 4 is 43.9 Å². The largest absolute Gasteiger partial charge is 0.465 e. The molecule has 0 radical (unpaired) electrons. The molecule has 0 saturated carbocycles. The molecule has 1 saturated heterocycles. The normalized spacial score (nSPS) is 16.5. The van der Waals surface area contributed by atoms with Gasteiger partial charge in [0.15, 0.2) is 11.6 Å². The molecule has 2 aromatic carbocycles. The number of halogens is 4. The van der Waals surface area contributed by atoms with Gasteiger partial charge in [0.05, 0.1) is 6.04 Å². The number of hydrogen-bond acceptors (Lipinski definition) is 2. The lowest BCUT2D eigenvalue weighted by molar-refractivity contribution is -0.133. The molecule has 1 fully saturated rings. The molecule has 2 aromatic rings. The van der Waals surface area contributed by atoms with E-state index in [0.29, 0.717) is 18.4 Å². The number of piperidine rings is 1. The van der Waals surface area contributed by atoms with Crippen LogP contribution in [0, 0.1) is 11.6 Å². The van der Waals surface area contributed by atoms with Gasteiger partial charge in [0.1, 0.15) is 0 Å². The fraction of sp³-hybridized carbons (Fsp3) is 0.391. The maximum atomic E-state index is 14.0. The molecule has 1 N–H and O–H groups in total. The van der Waals surface area contributed by atoms with Crippen LogP contribution >= 0.6 is 31.9 Å². The van der Waals surface area contributed by atoms with E-state index in [-0.39, 0.29) is 31.5 Å². The molecule has 5 nitrogen and oxygen atoms in total. The molecule has 9 heteroatoms. The number of carbonyl (C=O) groups excluding carboxylic acids is 1. The van der Waals surface area contributed by atoms with E-state index < -0.39 is 23.1 Å². The molecule has 0 bridgehead atoms. The van der Waals surface area contributed by atoms with Crippen molar-refractivity contribution in [2.75, 3.05) is 20.1 Å². The predicted molar refractivity (Wildman–Crippen MR) is 125 cm³/mol. The van der Waals surface area contributed by atoms with Crippen LogP contribution in [0.4, 0.5) is 13.6 Å². The van der Waals surface area contributed by atoms with Gasteiger partial charge in [0, 0.05) is 40.9 Å². The van der Waals surface area contributed by atoms with Gasteiger partial charge in [-0.05, 0) is 61.2 Å². The lowest BCUT2D eigenvalue weighted by Crippen LogP contribution is -2.47. The predicted octanol–water partition coefficient (Wildman–Crippen LogP) is 6.11. The van der Waals surface area contributed by atoms with Crippen molar-refractivity contribution in [3.8, 4) is 0 Å². The van der Waals surface area contributed by atoms with Gasteiger partial charge in [-0.3, -0.25) is 4.79 Å². The van der Waals surface area contributed by atoms with Crippen LogP contribution in [0.3, 0.4) is 0 Å². The van der Waals surface area contributed by atoms with Crippen molar-refractivity contribution < 1.29 is 23.5 Å². The Bertz CT molecular complexity index is 1010. The molecule has 1 atom stereocenters. The highest BCUT2D eigenvalue weighted by Gasteiger charge is 2.40. The van der Waals surface area contributed by atoms with Crippen LogP contribution in [-0.4, -0.2) is 47.0 Å². The number of carbonyl (C=O) groups is 2. The van der Waals surface area contributed by atoms with Gasteiger partial charge < -0.3 is 14.9 Å². The molecule has 3 rings (SSSR count). The van der Waals surface area contributed by atoms with E-state index in [2.05, 4.69) is 31.9 Å². The minimum atomic E-state index is -1.03. The van der Waals surface area contributed by atoms with Crippen molar-refractivity contribution in [2.45, 2.75) is 37.6 Å². The Labute approximate surface area is 202 Å². The summed E-state index contributed by atoms with van der Waals surface area (Å²) in [5, 5.41) is 9.31. The maximum Gasteiger partial charge on any atom is 0.407 e. The molecule has 172 valence electrons. The first-order valence-corrected chi connectivity index (χ1v) is 11.8. The zero-order chi connectivity index (χ0) is 23.6. The smallest absolute Gasteiger partial charge is 0.407 e. The van der Waals surface area contributed by atoms with Crippen LogP contribution < -0.4 is 0 Å². The van der Waals surface area contributed by atoms with Crippen molar-refractivity contribution in [1.82, 2.24) is 9.80 Å². The number of likely N-dealkylation sites (tertiary alicyclic amines) is 1. The second-order valence-corrected chi connectivity index (χ2v) is 10.1. The highest BCUT2D eigenvalue weighted by molar-refractivity contribution is 9.11. The number of rotatable bonds is 5. The lowest BCUT2D eigenvalue weighted by Gasteiger charge is -2.42. The fourth-order valence-electron chi connectivity index (χ4n) is 4.19. The zero-order valence-corrected chi connectivity index (χ0v) is 20.9. The first-order chi connectivity index (χ1) is 15.0. The summed E-state index contributed by atoms with van der Waals surface area (Å²) in [7, 11) is 1.72. The van der Waals surface area contributed by atoms with Crippen molar-refractivity contribution in [3.05, 3.63) is 68.1 Å². The van der Waals surface area contributed by atoms with Crippen LogP contribution in [0.1, 0.15) is 43.4 Å². The van der Waals surface area contributed by atoms with E-state index >= 15 is 0 Å². The molecule has 0 spiro atoms. The maximum absolute atomic E-state index is 14.0. The zero-order valence-electron chi connectivity index (χ0n) is 17.7. The summed E-state index contributed by atoms with van der Waals surface area (Å²) < 4.78 is 29.4. The standard InChI is InChI=1S/C23H24Br2F2N2O3/c1-14(15-9-17(24)12-18(25)10-15)28(2)21(30)13-23(5-7-29(8-6-23)22(31)32)16-3-4-19(26)20(27)11-16/h3-4,9-12,14H,5-8,13H2,1-2H3,(H,31,32). The Morgan fingerprint density at radius 1 is 1.09 bits per heavy atom. The Hall–Kier alpha value is -2.00. The Morgan fingerprint density at radius 3 is 2.22 bits per heavy atom. The summed E-state index contributed by atoms with van der Waals surface area (Å²) in [5.41, 5.74) is 0.675. The van der Waals surface area contributed by atoms with Crippen LogP contribution in [0.15, 0.2) is 45.3 Å². The first kappa shape index (κ1) is 24.6. The third kappa shape index (κ3) is 5.31. The minimum Gasteiger partial charge on any atom is -0.465 e. The van der Waals surface area contributed by atoms with Gasteiger partial charge in [-0.1, -0.05) is 37.9 Å². The molecule has 0 aromatic heterocycles. The van der Waals surface area contributed by atoms with Crippen molar-refractivity contribution in [2.24, 2.45) is 0 Å². The Kier molecular flexibility index (Phi) is 7.60. The SMILES string of the molecule is CC(c1cc(Br)cc(Br)c1)N(C)C(=O)CC1(c2ccc(F)c(F)c2)CCN(C(=O)O)CC1. The number of carboxylic acid groups (broad SMARTS) is 1. The minimum absolute atomic E-state index is 0.0710. The molecule has 1 heterocycles. The van der Waals surface area contributed by atoms with E-state index in [9.17, 15) is 23.5 Å². The molecule has 0 aliphatic carbocycles. The second-order valence-electron chi connectivity index (χ2n) is 8.24. The summed E-state index contributed by atoms with van der Waals surface area (Å²) in [6, 6.07) is 9.26. The summed E-state index contributed by atoms with van der Waals surface area (Å²) >= 11 is 6.93. The highest BCUT2D eigenvalue weighted by Crippen LogP contribution is 2.40. The summed E-state index contributed by atoms with van der Waals surface area (Å²) in [5.74, 6) is -2.08. The van der Waals surface area contributed by atoms with Crippen molar-refractivity contribution in [3.63, 3.8) is 0 Å². The van der Waals surface area contributed by atoms with Gasteiger partial charge in [-0.2, -0.15) is 0 Å². The molecule has 1 unspecified atom stereocenters.